The van der Waals surface area contributed by atoms with Crippen LogP contribution in [0, 0.1) is 5.82 Å². The highest BCUT2D eigenvalue weighted by molar-refractivity contribution is 7.99. The smallest absolute Gasteiger partial charge is 0.250 e. The minimum atomic E-state index is -0.317. The second kappa shape index (κ2) is 10.7. The second-order valence-corrected chi connectivity index (χ2v) is 8.99. The van der Waals surface area contributed by atoms with Crippen molar-refractivity contribution in [3.05, 3.63) is 64.9 Å². The van der Waals surface area contributed by atoms with Crippen LogP contribution < -0.4 is 5.43 Å². The highest BCUT2D eigenvalue weighted by Crippen LogP contribution is 2.35. The average Bonchev–Trinajstić information content (AvgIpc) is 3.24. The molecule has 1 fully saturated rings. The summed E-state index contributed by atoms with van der Waals surface area (Å²) >= 11 is 7.39. The van der Waals surface area contributed by atoms with E-state index in [1.165, 1.54) is 49.4 Å². The number of aromatic nitrogens is 3. The zero-order chi connectivity index (χ0) is 22.3. The van der Waals surface area contributed by atoms with Gasteiger partial charge in [-0.1, -0.05) is 54.8 Å². The van der Waals surface area contributed by atoms with E-state index in [0.29, 0.717) is 16.6 Å². The number of nitrogens with one attached hydrogen (secondary N) is 1. The molecule has 0 spiro atoms. The molecular formula is C23H23ClFN5OS. The number of hydrogen-bond acceptors (Lipinski definition) is 5. The Balaban J connectivity index is 1.44. The van der Waals surface area contributed by atoms with Crippen molar-refractivity contribution in [2.75, 3.05) is 5.75 Å². The number of amides is 1. The monoisotopic (exact) mass is 471 g/mol. The molecule has 0 unspecified atom stereocenters. The Hall–Kier alpha value is -2.71. The van der Waals surface area contributed by atoms with Crippen LogP contribution in [-0.4, -0.2) is 32.6 Å². The summed E-state index contributed by atoms with van der Waals surface area (Å²) in [7, 11) is 0. The SMILES string of the molecule is O=C(CSc1nnc(-c2ccc(Cl)cc2)n1C1CCCCC1)NN=Cc1ccc(F)cc1. The van der Waals surface area contributed by atoms with Gasteiger partial charge >= 0.3 is 0 Å². The molecule has 166 valence electrons. The van der Waals surface area contributed by atoms with Crippen molar-refractivity contribution in [2.24, 2.45) is 5.10 Å². The second-order valence-electron chi connectivity index (χ2n) is 7.61. The molecule has 4 rings (SSSR count). The van der Waals surface area contributed by atoms with Crippen LogP contribution in [0.4, 0.5) is 4.39 Å². The summed E-state index contributed by atoms with van der Waals surface area (Å²) in [5.74, 6) is 0.389. The molecule has 0 radical (unpaired) electrons. The zero-order valence-corrected chi connectivity index (χ0v) is 18.9. The molecule has 3 aromatic rings. The number of hydrogen-bond donors (Lipinski definition) is 1. The lowest BCUT2D eigenvalue weighted by Crippen LogP contribution is -2.20. The van der Waals surface area contributed by atoms with Gasteiger partial charge in [0.15, 0.2) is 11.0 Å². The number of hydrazone groups is 1. The number of halogens is 2. The van der Waals surface area contributed by atoms with Crippen LogP contribution >= 0.6 is 23.4 Å². The Morgan fingerprint density at radius 3 is 2.56 bits per heavy atom. The third-order valence-electron chi connectivity index (χ3n) is 5.31. The number of rotatable bonds is 7. The van der Waals surface area contributed by atoms with Gasteiger partial charge in [0.2, 0.25) is 0 Å². The maximum Gasteiger partial charge on any atom is 0.250 e. The summed E-state index contributed by atoms with van der Waals surface area (Å²) in [5, 5.41) is 14.2. The highest BCUT2D eigenvalue weighted by atomic mass is 35.5. The van der Waals surface area contributed by atoms with E-state index in [1.807, 2.05) is 24.3 Å². The molecule has 32 heavy (non-hydrogen) atoms. The molecule has 0 aliphatic heterocycles. The van der Waals surface area contributed by atoms with Gasteiger partial charge in [-0.25, -0.2) is 9.82 Å². The summed E-state index contributed by atoms with van der Waals surface area (Å²) < 4.78 is 15.1. The summed E-state index contributed by atoms with van der Waals surface area (Å²) in [6, 6.07) is 13.7. The van der Waals surface area contributed by atoms with Crippen LogP contribution in [-0.2, 0) is 4.79 Å². The first-order chi connectivity index (χ1) is 15.6. The van der Waals surface area contributed by atoms with E-state index in [1.54, 1.807) is 12.1 Å². The Labute approximate surface area is 195 Å². The van der Waals surface area contributed by atoms with Crippen LogP contribution in [0.2, 0.25) is 5.02 Å². The zero-order valence-electron chi connectivity index (χ0n) is 17.4. The number of thioether (sulfide) groups is 1. The average molecular weight is 472 g/mol. The molecule has 0 atom stereocenters. The molecule has 6 nitrogen and oxygen atoms in total. The Morgan fingerprint density at radius 1 is 1.12 bits per heavy atom. The first-order valence-corrected chi connectivity index (χ1v) is 11.9. The molecule has 0 bridgehead atoms. The van der Waals surface area contributed by atoms with Crippen LogP contribution in [0.15, 0.2) is 58.8 Å². The van der Waals surface area contributed by atoms with Gasteiger partial charge in [0, 0.05) is 16.6 Å². The van der Waals surface area contributed by atoms with Crippen molar-refractivity contribution < 1.29 is 9.18 Å². The van der Waals surface area contributed by atoms with E-state index in [2.05, 4.69) is 25.3 Å². The van der Waals surface area contributed by atoms with E-state index in [9.17, 15) is 9.18 Å². The lowest BCUT2D eigenvalue weighted by molar-refractivity contribution is -0.118. The van der Waals surface area contributed by atoms with Crippen LogP contribution in [0.1, 0.15) is 43.7 Å². The van der Waals surface area contributed by atoms with Crippen molar-refractivity contribution in [3.8, 4) is 11.4 Å². The maximum absolute atomic E-state index is 13.0. The molecule has 2 aromatic carbocycles. The topological polar surface area (TPSA) is 72.2 Å². The lowest BCUT2D eigenvalue weighted by Gasteiger charge is -2.25. The predicted molar refractivity (Wildman–Crippen MR) is 125 cm³/mol. The van der Waals surface area contributed by atoms with E-state index in [0.717, 1.165) is 29.4 Å². The summed E-state index contributed by atoms with van der Waals surface area (Å²) in [4.78, 5) is 12.3. The van der Waals surface area contributed by atoms with E-state index in [4.69, 9.17) is 11.6 Å². The molecule has 1 aliphatic carbocycles. The van der Waals surface area contributed by atoms with Gasteiger partial charge in [-0.05, 0) is 54.8 Å². The molecule has 9 heteroatoms. The fourth-order valence-corrected chi connectivity index (χ4v) is 4.65. The van der Waals surface area contributed by atoms with Gasteiger partial charge in [0.25, 0.3) is 5.91 Å². The largest absolute Gasteiger partial charge is 0.299 e. The minimum Gasteiger partial charge on any atom is -0.299 e. The van der Waals surface area contributed by atoms with Crippen molar-refractivity contribution >= 4 is 35.5 Å². The van der Waals surface area contributed by atoms with Gasteiger partial charge in [0.05, 0.1) is 12.0 Å². The molecule has 1 saturated carbocycles. The Kier molecular flexibility index (Phi) is 7.55. The lowest BCUT2D eigenvalue weighted by atomic mass is 9.95. The van der Waals surface area contributed by atoms with E-state index < -0.39 is 0 Å². The van der Waals surface area contributed by atoms with Crippen LogP contribution in [0.5, 0.6) is 0 Å². The summed E-state index contributed by atoms with van der Waals surface area (Å²) in [6.45, 7) is 0. The Bertz CT molecular complexity index is 1080. The number of carbonyl (C=O) groups is 1. The van der Waals surface area contributed by atoms with Crippen LogP contribution in [0.25, 0.3) is 11.4 Å². The van der Waals surface area contributed by atoms with Crippen molar-refractivity contribution in [1.82, 2.24) is 20.2 Å². The third-order valence-corrected chi connectivity index (χ3v) is 6.51. The van der Waals surface area contributed by atoms with Gasteiger partial charge in [-0.15, -0.1) is 10.2 Å². The van der Waals surface area contributed by atoms with Crippen molar-refractivity contribution in [2.45, 2.75) is 43.3 Å². The predicted octanol–water partition coefficient (Wildman–Crippen LogP) is 5.49. The number of carbonyl (C=O) groups excluding carboxylic acids is 1. The van der Waals surface area contributed by atoms with Gasteiger partial charge in [0.1, 0.15) is 5.82 Å². The number of nitrogens with zero attached hydrogens (tertiary/aromatic N) is 4. The normalized spacial score (nSPS) is 14.7. The van der Waals surface area contributed by atoms with Gasteiger partial charge in [-0.3, -0.25) is 9.36 Å². The molecule has 1 aliphatic rings. The maximum atomic E-state index is 13.0. The molecule has 1 N–H and O–H groups in total. The molecular weight excluding hydrogens is 449 g/mol. The van der Waals surface area contributed by atoms with Crippen LogP contribution in [0.3, 0.4) is 0 Å². The highest BCUT2D eigenvalue weighted by Gasteiger charge is 2.24. The molecule has 0 saturated heterocycles. The third kappa shape index (κ3) is 5.75. The first-order valence-electron chi connectivity index (χ1n) is 10.5. The molecule has 1 aromatic heterocycles. The molecule has 1 amide bonds. The minimum absolute atomic E-state index is 0.159. The van der Waals surface area contributed by atoms with Gasteiger partial charge < -0.3 is 0 Å². The van der Waals surface area contributed by atoms with E-state index >= 15 is 0 Å². The quantitative estimate of drug-likeness (QED) is 0.281. The van der Waals surface area contributed by atoms with Crippen molar-refractivity contribution in [1.29, 1.82) is 0 Å². The van der Waals surface area contributed by atoms with E-state index in [-0.39, 0.29) is 17.5 Å². The Morgan fingerprint density at radius 2 is 1.84 bits per heavy atom. The fraction of sp³-hybridized carbons (Fsp3) is 0.304. The summed E-state index contributed by atoms with van der Waals surface area (Å²) in [5.41, 5.74) is 4.15. The molecule has 1 heterocycles. The fourth-order valence-electron chi connectivity index (χ4n) is 3.73. The summed E-state index contributed by atoms with van der Waals surface area (Å²) in [6.07, 6.45) is 7.20. The number of benzene rings is 2. The van der Waals surface area contributed by atoms with Gasteiger partial charge in [-0.2, -0.15) is 5.10 Å². The first kappa shape index (κ1) is 22.5. The standard InChI is InChI=1S/C23H23ClFN5OS/c24-18-10-8-17(9-11-18)22-28-29-23(30(22)20-4-2-1-3-5-20)32-15-21(31)27-26-14-16-6-12-19(25)13-7-16/h6-14,20H,1-5,15H2,(H,27,31). The van der Waals surface area contributed by atoms with Crippen molar-refractivity contribution in [3.63, 3.8) is 0 Å².